The Morgan fingerprint density at radius 3 is 2.15 bits per heavy atom. The summed E-state index contributed by atoms with van der Waals surface area (Å²) >= 11 is 0. The maximum atomic E-state index is 13.2. The van der Waals surface area contributed by atoms with Crippen molar-refractivity contribution in [3.05, 3.63) is 65.2 Å². The molecular weight excluding hydrogens is 430 g/mol. The maximum Gasteiger partial charge on any atom is 0.295 e. The molecule has 34 heavy (non-hydrogen) atoms. The largest absolute Gasteiger partial charge is 0.507 e. The molecule has 6 nitrogen and oxygen atoms in total. The highest BCUT2D eigenvalue weighted by Crippen LogP contribution is 2.43. The summed E-state index contributed by atoms with van der Waals surface area (Å²) in [6, 6.07) is 13.8. The van der Waals surface area contributed by atoms with E-state index in [1.165, 1.54) is 0 Å². The highest BCUT2D eigenvalue weighted by atomic mass is 16.5. The fraction of sp³-hybridized carbons (Fsp3) is 0.429. The molecule has 0 spiro atoms. The van der Waals surface area contributed by atoms with Gasteiger partial charge in [-0.3, -0.25) is 9.59 Å². The van der Waals surface area contributed by atoms with Crippen LogP contribution in [0.1, 0.15) is 63.6 Å². The summed E-state index contributed by atoms with van der Waals surface area (Å²) in [5, 5.41) is 11.3. The number of aliphatic hydroxyl groups is 1. The Balaban J connectivity index is 1.74. The second-order valence-electron chi connectivity index (χ2n) is 9.38. The van der Waals surface area contributed by atoms with Crippen molar-refractivity contribution >= 4 is 17.4 Å². The van der Waals surface area contributed by atoms with E-state index < -0.39 is 17.7 Å². The minimum absolute atomic E-state index is 0.00914. The Morgan fingerprint density at radius 2 is 1.56 bits per heavy atom. The molecule has 1 aliphatic heterocycles. The minimum atomic E-state index is -0.636. The second-order valence-corrected chi connectivity index (χ2v) is 9.38. The molecule has 1 aliphatic carbocycles. The van der Waals surface area contributed by atoms with Crippen LogP contribution in [0.25, 0.3) is 5.76 Å². The fourth-order valence-electron chi connectivity index (χ4n) is 4.78. The van der Waals surface area contributed by atoms with E-state index in [0.29, 0.717) is 30.4 Å². The molecule has 180 valence electrons. The van der Waals surface area contributed by atoms with E-state index >= 15 is 0 Å². The zero-order chi connectivity index (χ0) is 24.2. The highest BCUT2D eigenvalue weighted by molar-refractivity contribution is 6.46. The van der Waals surface area contributed by atoms with E-state index in [2.05, 4.69) is 13.8 Å². The quantitative estimate of drug-likeness (QED) is 0.319. The maximum absolute atomic E-state index is 13.2. The number of nitrogens with zero attached hydrogens (tertiary/aromatic N) is 1. The summed E-state index contributed by atoms with van der Waals surface area (Å²) in [4.78, 5) is 28.1. The zero-order valence-corrected chi connectivity index (χ0v) is 20.1. The molecule has 1 amide bonds. The molecule has 2 aromatic carbocycles. The van der Waals surface area contributed by atoms with Gasteiger partial charge < -0.3 is 19.5 Å². The number of aliphatic hydroxyl groups excluding tert-OH is 1. The van der Waals surface area contributed by atoms with Crippen LogP contribution in [-0.4, -0.2) is 41.0 Å². The van der Waals surface area contributed by atoms with Crippen LogP contribution in [0.3, 0.4) is 0 Å². The Kier molecular flexibility index (Phi) is 7.25. The van der Waals surface area contributed by atoms with Crippen LogP contribution in [-0.2, 0) is 9.59 Å². The third-order valence-electron chi connectivity index (χ3n) is 6.42. The summed E-state index contributed by atoms with van der Waals surface area (Å²) in [5.74, 6) is 0.482. The van der Waals surface area contributed by atoms with Gasteiger partial charge >= 0.3 is 0 Å². The first kappa shape index (κ1) is 23.9. The van der Waals surface area contributed by atoms with Gasteiger partial charge in [0.2, 0.25) is 0 Å². The van der Waals surface area contributed by atoms with Gasteiger partial charge in [-0.05, 0) is 67.6 Å². The van der Waals surface area contributed by atoms with Crippen LogP contribution in [0.2, 0.25) is 0 Å². The molecule has 0 aromatic heterocycles. The van der Waals surface area contributed by atoms with E-state index in [9.17, 15) is 14.7 Å². The van der Waals surface area contributed by atoms with Crippen molar-refractivity contribution in [2.45, 2.75) is 58.5 Å². The molecule has 2 fully saturated rings. The van der Waals surface area contributed by atoms with Gasteiger partial charge in [0, 0.05) is 11.6 Å². The first-order valence-corrected chi connectivity index (χ1v) is 12.2. The monoisotopic (exact) mass is 463 g/mol. The molecule has 2 aromatic rings. The lowest BCUT2D eigenvalue weighted by Crippen LogP contribution is -2.37. The van der Waals surface area contributed by atoms with Crippen LogP contribution >= 0.6 is 0 Å². The standard InChI is InChI=1S/C28H33NO5/c1-4-33-22-13-9-19(10-14-22)25-24(27(31)28(32)29(25)21-7-5-6-8-21)26(30)20-11-15-23(16-12-20)34-17-18(2)3/h9-16,18,21,25,30H,4-8,17H2,1-3H3/b26-24-. The number of carbonyl (C=O) groups is 2. The van der Waals surface area contributed by atoms with Gasteiger partial charge in [0.15, 0.2) is 0 Å². The Morgan fingerprint density at radius 1 is 0.971 bits per heavy atom. The third-order valence-corrected chi connectivity index (χ3v) is 6.42. The predicted octanol–water partition coefficient (Wildman–Crippen LogP) is 5.48. The molecule has 0 radical (unpaired) electrons. The van der Waals surface area contributed by atoms with E-state index in [0.717, 1.165) is 37.0 Å². The molecule has 2 aliphatic rings. The summed E-state index contributed by atoms with van der Waals surface area (Å²) in [6.07, 6.45) is 3.79. The Hall–Kier alpha value is -3.28. The van der Waals surface area contributed by atoms with Crippen molar-refractivity contribution in [2.24, 2.45) is 5.92 Å². The molecule has 1 saturated carbocycles. The second kappa shape index (κ2) is 10.3. The van der Waals surface area contributed by atoms with Gasteiger partial charge in [0.1, 0.15) is 17.3 Å². The normalized spacial score (nSPS) is 20.4. The van der Waals surface area contributed by atoms with Gasteiger partial charge in [-0.1, -0.05) is 38.8 Å². The number of benzene rings is 2. The number of amides is 1. The molecule has 1 heterocycles. The van der Waals surface area contributed by atoms with Crippen molar-refractivity contribution in [2.75, 3.05) is 13.2 Å². The number of ketones is 1. The highest BCUT2D eigenvalue weighted by Gasteiger charge is 2.49. The number of carbonyl (C=O) groups excluding carboxylic acids is 2. The summed E-state index contributed by atoms with van der Waals surface area (Å²) in [6.45, 7) is 7.21. The van der Waals surface area contributed by atoms with Crippen LogP contribution in [0, 0.1) is 5.92 Å². The summed E-state index contributed by atoms with van der Waals surface area (Å²) < 4.78 is 11.3. The van der Waals surface area contributed by atoms with Crippen molar-refractivity contribution in [3.63, 3.8) is 0 Å². The minimum Gasteiger partial charge on any atom is -0.507 e. The molecule has 1 saturated heterocycles. The van der Waals surface area contributed by atoms with E-state index in [4.69, 9.17) is 9.47 Å². The predicted molar refractivity (Wildman–Crippen MR) is 131 cm³/mol. The van der Waals surface area contributed by atoms with Gasteiger partial charge in [0.25, 0.3) is 11.7 Å². The lowest BCUT2D eigenvalue weighted by atomic mass is 9.94. The van der Waals surface area contributed by atoms with Gasteiger partial charge in [-0.15, -0.1) is 0 Å². The van der Waals surface area contributed by atoms with Crippen LogP contribution in [0.15, 0.2) is 54.1 Å². The van der Waals surface area contributed by atoms with Crippen LogP contribution in [0.4, 0.5) is 0 Å². The lowest BCUT2D eigenvalue weighted by molar-refractivity contribution is -0.141. The van der Waals surface area contributed by atoms with Gasteiger partial charge in [-0.2, -0.15) is 0 Å². The number of likely N-dealkylation sites (tertiary alicyclic amines) is 1. The summed E-state index contributed by atoms with van der Waals surface area (Å²) in [5.41, 5.74) is 1.40. The average molecular weight is 464 g/mol. The third kappa shape index (κ3) is 4.81. The Labute approximate surface area is 201 Å². The number of hydrogen-bond acceptors (Lipinski definition) is 5. The number of ether oxygens (including phenoxy) is 2. The average Bonchev–Trinajstić information content (AvgIpc) is 3.45. The lowest BCUT2D eigenvalue weighted by Gasteiger charge is -2.30. The molecule has 1 atom stereocenters. The summed E-state index contributed by atoms with van der Waals surface area (Å²) in [7, 11) is 0. The van der Waals surface area contributed by atoms with Crippen LogP contribution < -0.4 is 9.47 Å². The van der Waals surface area contributed by atoms with Crippen LogP contribution in [0.5, 0.6) is 11.5 Å². The van der Waals surface area contributed by atoms with Crippen molar-refractivity contribution in [3.8, 4) is 11.5 Å². The van der Waals surface area contributed by atoms with E-state index in [-0.39, 0.29) is 17.4 Å². The topological polar surface area (TPSA) is 76.1 Å². The first-order chi connectivity index (χ1) is 16.4. The van der Waals surface area contributed by atoms with Gasteiger partial charge in [-0.25, -0.2) is 0 Å². The fourth-order valence-corrected chi connectivity index (χ4v) is 4.78. The smallest absolute Gasteiger partial charge is 0.295 e. The first-order valence-electron chi connectivity index (χ1n) is 12.2. The number of rotatable bonds is 8. The number of Topliss-reactive ketones (excluding diaryl/α,β-unsaturated/α-hetero) is 1. The van der Waals surface area contributed by atoms with Crippen molar-refractivity contribution in [1.29, 1.82) is 0 Å². The molecule has 1 N–H and O–H groups in total. The molecule has 1 unspecified atom stereocenters. The Bertz CT molecular complexity index is 1050. The van der Waals surface area contributed by atoms with Gasteiger partial charge in [0.05, 0.1) is 24.8 Å². The molecular formula is C28H33NO5. The van der Waals surface area contributed by atoms with Crippen molar-refractivity contribution < 1.29 is 24.2 Å². The SMILES string of the molecule is CCOc1ccc(C2/C(=C(/O)c3ccc(OCC(C)C)cc3)C(=O)C(=O)N2C2CCCC2)cc1. The molecule has 6 heteroatoms. The zero-order valence-electron chi connectivity index (χ0n) is 20.1. The number of hydrogen-bond donors (Lipinski definition) is 1. The van der Waals surface area contributed by atoms with Crippen molar-refractivity contribution in [1.82, 2.24) is 4.90 Å². The van der Waals surface area contributed by atoms with E-state index in [1.54, 1.807) is 29.2 Å². The molecule has 0 bridgehead atoms. The van der Waals surface area contributed by atoms with E-state index in [1.807, 2.05) is 31.2 Å². The molecule has 4 rings (SSSR count).